The Hall–Kier alpha value is -2.80. The van der Waals surface area contributed by atoms with Gasteiger partial charge in [0.05, 0.1) is 11.4 Å². The van der Waals surface area contributed by atoms with Crippen LogP contribution in [0, 0.1) is 13.8 Å². The van der Waals surface area contributed by atoms with E-state index < -0.39 is 46.4 Å². The number of hydrogen-bond donors (Lipinski definition) is 0. The molecule has 0 unspecified atom stereocenters. The Bertz CT molecular complexity index is 836. The van der Waals surface area contributed by atoms with Crippen LogP contribution in [0.3, 0.4) is 0 Å². The van der Waals surface area contributed by atoms with Crippen LogP contribution in [0.4, 0.5) is 64.1 Å². The molecule has 0 heterocycles. The predicted octanol–water partition coefficient (Wildman–Crippen LogP) is 7.68. The van der Waals surface area contributed by atoms with E-state index in [2.05, 4.69) is 0 Å². The lowest BCUT2D eigenvalue weighted by molar-refractivity contribution is -0.228. The average Bonchev–Trinajstić information content (AvgIpc) is 2.52. The summed E-state index contributed by atoms with van der Waals surface area (Å²) in [4.78, 5) is -3.05. The molecule has 14 heteroatoms. The first-order valence-corrected chi connectivity index (χ1v) is 8.25. The maximum Gasteiger partial charge on any atom is 0.491 e. The maximum atomic E-state index is 12.2. The fraction of sp³-hybridized carbons (Fsp3) is 0.333. The van der Waals surface area contributed by atoms with Crippen LogP contribution >= 0.6 is 0 Å². The van der Waals surface area contributed by atoms with Crippen molar-refractivity contribution in [3.8, 4) is 0 Å². The van der Waals surface area contributed by atoms with E-state index >= 15 is 0 Å². The summed E-state index contributed by atoms with van der Waals surface area (Å²) in [6.45, 7) is 2.98. The van der Waals surface area contributed by atoms with Crippen molar-refractivity contribution >= 4 is 11.4 Å². The van der Waals surface area contributed by atoms with E-state index in [1.54, 1.807) is 6.92 Å². The predicted molar refractivity (Wildman–Crippen MR) is 91.5 cm³/mol. The lowest BCUT2D eigenvalue weighted by Crippen LogP contribution is -2.48. The highest BCUT2D eigenvalue weighted by molar-refractivity contribution is 5.50. The molecule has 2 nitrogen and oxygen atoms in total. The van der Waals surface area contributed by atoms with Gasteiger partial charge < -0.3 is 0 Å². The second-order valence-corrected chi connectivity index (χ2v) is 6.22. The maximum absolute atomic E-state index is 12.2. The molecule has 32 heavy (non-hydrogen) atoms. The zero-order valence-electron chi connectivity index (χ0n) is 16.0. The van der Waals surface area contributed by atoms with Gasteiger partial charge in [-0.15, -0.1) is 52.7 Å². The molecule has 0 fully saturated rings. The minimum absolute atomic E-state index is 0.316. The number of alkyl halides is 12. The van der Waals surface area contributed by atoms with E-state index in [0.717, 1.165) is 30.3 Å². The Morgan fingerprint density at radius 3 is 1.19 bits per heavy atom. The van der Waals surface area contributed by atoms with Crippen molar-refractivity contribution in [1.82, 2.24) is 0 Å². The number of benzene rings is 2. The van der Waals surface area contributed by atoms with E-state index in [-0.39, 0.29) is 0 Å². The summed E-state index contributed by atoms with van der Waals surface area (Å²) in [5, 5.41) is 0. The molecule has 0 N–H and O–H groups in total. The molecule has 0 bridgehead atoms. The Kier molecular flexibility index (Phi) is 7.97. The molecule has 2 aromatic rings. The third-order valence-electron chi connectivity index (χ3n) is 3.57. The minimum Gasteiger partial charge on any atom is -0.194 e. The third kappa shape index (κ3) is 7.71. The van der Waals surface area contributed by atoms with Crippen LogP contribution in [0.2, 0.25) is 0 Å². The van der Waals surface area contributed by atoms with Gasteiger partial charge >= 0.3 is 25.2 Å². The van der Waals surface area contributed by atoms with E-state index in [4.69, 9.17) is 0 Å². The number of aryl methyl sites for hydroxylation is 2. The number of hydrogen-bond acceptors (Lipinski definition) is 2. The van der Waals surface area contributed by atoms with Gasteiger partial charge in [-0.2, -0.15) is 9.80 Å². The first-order valence-electron chi connectivity index (χ1n) is 8.25. The molecular formula is C18H14F12N2. The Morgan fingerprint density at radius 2 is 0.844 bits per heavy atom. The highest BCUT2D eigenvalue weighted by atomic mass is 19.4. The van der Waals surface area contributed by atoms with Crippen LogP contribution in [-0.2, 0) is 0 Å². The molecule has 0 saturated carbocycles. The van der Waals surface area contributed by atoms with Gasteiger partial charge in [-0.25, -0.2) is 0 Å². The molecule has 0 radical (unpaired) electrons. The molecule has 2 rings (SSSR count). The van der Waals surface area contributed by atoms with Gasteiger partial charge in [0.1, 0.15) is 0 Å². The van der Waals surface area contributed by atoms with Gasteiger partial charge in [-0.05, 0) is 43.7 Å². The molecule has 0 aliphatic rings. The largest absolute Gasteiger partial charge is 0.491 e. The van der Waals surface area contributed by atoms with Crippen molar-refractivity contribution in [2.45, 2.75) is 39.0 Å². The molecule has 2 aromatic carbocycles. The fourth-order valence-electron chi connectivity index (χ4n) is 2.33. The van der Waals surface area contributed by atoms with E-state index in [0.29, 0.717) is 11.1 Å². The Morgan fingerprint density at radius 1 is 0.469 bits per heavy atom. The quantitative estimate of drug-likeness (QED) is 0.317. The van der Waals surface area contributed by atoms with Gasteiger partial charge in [0.15, 0.2) is 0 Å². The van der Waals surface area contributed by atoms with E-state index in [1.165, 1.54) is 25.1 Å². The molecule has 180 valence electrons. The first kappa shape index (κ1) is 27.2. The lowest BCUT2D eigenvalue weighted by Gasteiger charge is -2.28. The minimum atomic E-state index is -5.49. The number of nitrogens with zero attached hydrogens (tertiary/aromatic N) is 2. The summed E-state index contributed by atoms with van der Waals surface area (Å²) >= 11 is 0. The van der Waals surface area contributed by atoms with E-state index in [1.807, 2.05) is 0 Å². The number of anilines is 2. The molecule has 0 amide bonds. The van der Waals surface area contributed by atoms with Crippen molar-refractivity contribution in [3.05, 3.63) is 59.7 Å². The summed E-state index contributed by atoms with van der Waals surface area (Å²) in [6, 6.07) is 8.03. The van der Waals surface area contributed by atoms with Crippen LogP contribution in [-0.4, -0.2) is 25.2 Å². The standard InChI is InChI=1S/2C9H7F6N/c1-6-2-4-7(5-3-6)16(8(10,11)12)9(13,14)15;1-6-3-2-4-7(5-6)16(8(10,11)12)9(13,14)15/h2*2-5H,1H3. The van der Waals surface area contributed by atoms with E-state index in [9.17, 15) is 52.7 Å². The van der Waals surface area contributed by atoms with Crippen molar-refractivity contribution in [3.63, 3.8) is 0 Å². The second-order valence-electron chi connectivity index (χ2n) is 6.22. The number of rotatable bonds is 2. The summed E-state index contributed by atoms with van der Waals surface area (Å²) in [6.07, 6.45) is -22.0. The third-order valence-corrected chi connectivity index (χ3v) is 3.57. The Balaban J connectivity index is 0.000000320. The second kappa shape index (κ2) is 9.36. The lowest BCUT2D eigenvalue weighted by atomic mass is 10.2. The molecule has 0 aromatic heterocycles. The molecule has 0 aliphatic carbocycles. The molecule has 0 spiro atoms. The zero-order valence-corrected chi connectivity index (χ0v) is 16.0. The molecule has 0 saturated heterocycles. The normalized spacial score (nSPS) is 12.7. The smallest absolute Gasteiger partial charge is 0.194 e. The highest BCUT2D eigenvalue weighted by Crippen LogP contribution is 2.39. The monoisotopic (exact) mass is 486 g/mol. The first-order chi connectivity index (χ1) is 14.2. The van der Waals surface area contributed by atoms with Gasteiger partial charge in [-0.3, -0.25) is 0 Å². The summed E-state index contributed by atoms with van der Waals surface area (Å²) in [7, 11) is 0. The molecular weight excluding hydrogens is 472 g/mol. The summed E-state index contributed by atoms with van der Waals surface area (Å²) < 4.78 is 147. The van der Waals surface area contributed by atoms with Crippen LogP contribution in [0.15, 0.2) is 48.5 Å². The average molecular weight is 486 g/mol. The zero-order chi connectivity index (χ0) is 25.1. The van der Waals surface area contributed by atoms with Crippen LogP contribution in [0.1, 0.15) is 11.1 Å². The van der Waals surface area contributed by atoms with Crippen LogP contribution in [0.25, 0.3) is 0 Å². The fourth-order valence-corrected chi connectivity index (χ4v) is 2.33. The topological polar surface area (TPSA) is 6.48 Å². The van der Waals surface area contributed by atoms with Crippen LogP contribution < -0.4 is 9.80 Å². The molecule has 0 atom stereocenters. The van der Waals surface area contributed by atoms with Gasteiger partial charge in [0.2, 0.25) is 0 Å². The van der Waals surface area contributed by atoms with Crippen molar-refractivity contribution < 1.29 is 52.7 Å². The number of halogens is 12. The van der Waals surface area contributed by atoms with Gasteiger partial charge in [-0.1, -0.05) is 29.8 Å². The van der Waals surface area contributed by atoms with Gasteiger partial charge in [0.25, 0.3) is 0 Å². The van der Waals surface area contributed by atoms with Crippen LogP contribution in [0.5, 0.6) is 0 Å². The van der Waals surface area contributed by atoms with Crippen molar-refractivity contribution in [1.29, 1.82) is 0 Å². The molecule has 0 aliphatic heterocycles. The highest BCUT2D eigenvalue weighted by Gasteiger charge is 2.54. The van der Waals surface area contributed by atoms with Gasteiger partial charge in [0, 0.05) is 0 Å². The summed E-state index contributed by atoms with van der Waals surface area (Å²) in [5.41, 5.74) is -1.00. The summed E-state index contributed by atoms with van der Waals surface area (Å²) in [5.74, 6) is 0. The Labute approximate surface area is 173 Å². The van der Waals surface area contributed by atoms with Crippen molar-refractivity contribution in [2.75, 3.05) is 9.80 Å². The SMILES string of the molecule is Cc1ccc(N(C(F)(F)F)C(F)(F)F)cc1.Cc1cccc(N(C(F)(F)F)C(F)(F)F)c1. The van der Waals surface area contributed by atoms with Crippen molar-refractivity contribution in [2.24, 2.45) is 0 Å².